The van der Waals surface area contributed by atoms with E-state index in [-0.39, 0.29) is 11.5 Å². The molecule has 2 N–H and O–H groups in total. The molecule has 0 radical (unpaired) electrons. The van der Waals surface area contributed by atoms with Crippen LogP contribution in [0.5, 0.6) is 0 Å². The highest BCUT2D eigenvalue weighted by molar-refractivity contribution is 6.30. The fraction of sp³-hybridized carbons (Fsp3) is 0.219. The summed E-state index contributed by atoms with van der Waals surface area (Å²) in [5, 5.41) is 16.8. The molecular formula is C32H31ClN4O4. The van der Waals surface area contributed by atoms with Crippen LogP contribution in [0.15, 0.2) is 90.1 Å². The van der Waals surface area contributed by atoms with Gasteiger partial charge in [-0.15, -0.1) is 0 Å². The third-order valence-corrected chi connectivity index (χ3v) is 7.60. The number of amides is 1. The maximum absolute atomic E-state index is 12.9. The number of hydrogen-bond acceptors (Lipinski definition) is 5. The van der Waals surface area contributed by atoms with Gasteiger partial charge in [0, 0.05) is 56.4 Å². The average Bonchev–Trinajstić information content (AvgIpc) is 3.42. The third-order valence-electron chi connectivity index (χ3n) is 7.36. The lowest BCUT2D eigenvalue weighted by Gasteiger charge is -2.30. The van der Waals surface area contributed by atoms with Crippen molar-refractivity contribution in [2.24, 2.45) is 14.1 Å². The number of methoxy groups -OCH3 is 1. The highest BCUT2D eigenvalue weighted by Gasteiger charge is 2.37. The van der Waals surface area contributed by atoms with Gasteiger partial charge < -0.3 is 24.3 Å². The summed E-state index contributed by atoms with van der Waals surface area (Å²) in [6.07, 6.45) is 3.97. The van der Waals surface area contributed by atoms with Crippen LogP contribution in [0.2, 0.25) is 5.02 Å². The molecule has 5 rings (SSSR count). The number of nitrogens with one attached hydrogen (secondary N) is 1. The van der Waals surface area contributed by atoms with Gasteiger partial charge in [0.15, 0.2) is 5.60 Å². The number of imidazole rings is 1. The molecule has 5 aromatic rings. The fourth-order valence-electron chi connectivity index (χ4n) is 5.13. The van der Waals surface area contributed by atoms with Crippen molar-refractivity contribution < 1.29 is 14.6 Å². The van der Waals surface area contributed by atoms with Gasteiger partial charge in [-0.1, -0.05) is 41.9 Å². The van der Waals surface area contributed by atoms with E-state index in [9.17, 15) is 14.7 Å². The molecule has 210 valence electrons. The van der Waals surface area contributed by atoms with Crippen molar-refractivity contribution in [3.63, 3.8) is 0 Å². The Labute approximate surface area is 242 Å². The van der Waals surface area contributed by atoms with E-state index < -0.39 is 5.60 Å². The van der Waals surface area contributed by atoms with Crippen molar-refractivity contribution in [1.82, 2.24) is 19.4 Å². The minimum Gasteiger partial charge on any atom is -0.385 e. The first-order valence-corrected chi connectivity index (χ1v) is 13.6. The molecule has 0 aliphatic carbocycles. The molecule has 0 spiro atoms. The molecule has 0 aliphatic heterocycles. The SMILES string of the molecule is COCCCNC(=O)c1ccc(C(O)(c2ccc3c(c2)c(-c2cccc(Cl)c2)cc(=O)n3C)c2cncn2C)cc1. The maximum Gasteiger partial charge on any atom is 0.251 e. The number of halogens is 1. The van der Waals surface area contributed by atoms with E-state index in [0.29, 0.717) is 58.1 Å². The summed E-state index contributed by atoms with van der Waals surface area (Å²) >= 11 is 6.30. The second-order valence-corrected chi connectivity index (χ2v) is 10.4. The van der Waals surface area contributed by atoms with Crippen molar-refractivity contribution in [2.75, 3.05) is 20.3 Å². The number of fused-ring (bicyclic) bond motifs is 1. The molecule has 0 bridgehead atoms. The molecule has 0 saturated carbocycles. The molecule has 0 aliphatic rings. The van der Waals surface area contributed by atoms with Crippen LogP contribution in [0.4, 0.5) is 0 Å². The molecule has 1 amide bonds. The Hall–Kier alpha value is -4.24. The fourth-order valence-corrected chi connectivity index (χ4v) is 5.32. The van der Waals surface area contributed by atoms with Gasteiger partial charge in [0.2, 0.25) is 0 Å². The van der Waals surface area contributed by atoms with Gasteiger partial charge in [-0.3, -0.25) is 9.59 Å². The molecule has 41 heavy (non-hydrogen) atoms. The highest BCUT2D eigenvalue weighted by Crippen LogP contribution is 2.39. The average molecular weight is 571 g/mol. The molecule has 2 aromatic heterocycles. The van der Waals surface area contributed by atoms with E-state index >= 15 is 0 Å². The number of nitrogens with zero attached hydrogens (tertiary/aromatic N) is 3. The second-order valence-electron chi connectivity index (χ2n) is 9.98. The smallest absolute Gasteiger partial charge is 0.251 e. The van der Waals surface area contributed by atoms with E-state index in [1.54, 1.807) is 72.2 Å². The summed E-state index contributed by atoms with van der Waals surface area (Å²) in [6, 6.07) is 21.4. The van der Waals surface area contributed by atoms with Crippen molar-refractivity contribution in [2.45, 2.75) is 12.0 Å². The molecule has 3 aromatic carbocycles. The van der Waals surface area contributed by atoms with Crippen molar-refractivity contribution in [1.29, 1.82) is 0 Å². The molecule has 2 heterocycles. The number of pyridine rings is 1. The zero-order valence-electron chi connectivity index (χ0n) is 23.1. The number of aliphatic hydroxyl groups is 1. The summed E-state index contributed by atoms with van der Waals surface area (Å²) in [6.45, 7) is 1.07. The van der Waals surface area contributed by atoms with E-state index in [4.69, 9.17) is 16.3 Å². The lowest BCUT2D eigenvalue weighted by molar-refractivity contribution is 0.0947. The lowest BCUT2D eigenvalue weighted by Crippen LogP contribution is -2.31. The summed E-state index contributed by atoms with van der Waals surface area (Å²) < 4.78 is 8.38. The van der Waals surface area contributed by atoms with Crippen LogP contribution in [0.25, 0.3) is 22.0 Å². The maximum atomic E-state index is 12.9. The zero-order valence-corrected chi connectivity index (χ0v) is 23.9. The Bertz CT molecular complexity index is 1780. The summed E-state index contributed by atoms with van der Waals surface area (Å²) in [5.41, 5.74) is 2.61. The molecule has 9 heteroatoms. The largest absolute Gasteiger partial charge is 0.385 e. The van der Waals surface area contributed by atoms with Gasteiger partial charge in [0.1, 0.15) is 0 Å². The summed E-state index contributed by atoms with van der Waals surface area (Å²) in [5.74, 6) is -0.200. The van der Waals surface area contributed by atoms with Gasteiger partial charge in [-0.2, -0.15) is 0 Å². The normalized spacial score (nSPS) is 12.8. The monoisotopic (exact) mass is 570 g/mol. The van der Waals surface area contributed by atoms with Crippen molar-refractivity contribution in [3.8, 4) is 11.1 Å². The van der Waals surface area contributed by atoms with Gasteiger partial charge in [0.25, 0.3) is 11.5 Å². The van der Waals surface area contributed by atoms with Crippen molar-refractivity contribution >= 4 is 28.4 Å². The summed E-state index contributed by atoms with van der Waals surface area (Å²) in [7, 11) is 5.16. The first-order valence-electron chi connectivity index (χ1n) is 13.2. The molecule has 8 nitrogen and oxygen atoms in total. The van der Waals surface area contributed by atoms with Crippen LogP contribution in [0, 0.1) is 0 Å². The van der Waals surface area contributed by atoms with Gasteiger partial charge in [-0.05, 0) is 65.1 Å². The van der Waals surface area contributed by atoms with Gasteiger partial charge in [-0.25, -0.2) is 4.98 Å². The van der Waals surface area contributed by atoms with Crippen LogP contribution in [-0.2, 0) is 24.4 Å². The summed E-state index contributed by atoms with van der Waals surface area (Å²) in [4.78, 5) is 29.8. The lowest BCUT2D eigenvalue weighted by atomic mass is 9.82. The number of ether oxygens (including phenoxy) is 1. The number of aryl methyl sites for hydroxylation is 2. The molecule has 1 atom stereocenters. The quantitative estimate of drug-likeness (QED) is 0.252. The Morgan fingerprint density at radius 1 is 1.05 bits per heavy atom. The Balaban J connectivity index is 1.65. The number of rotatable bonds is 9. The van der Waals surface area contributed by atoms with Gasteiger partial charge >= 0.3 is 0 Å². The van der Waals surface area contributed by atoms with Crippen LogP contribution in [0.3, 0.4) is 0 Å². The zero-order chi connectivity index (χ0) is 29.1. The third kappa shape index (κ3) is 5.41. The van der Waals surface area contributed by atoms with E-state index in [1.165, 1.54) is 0 Å². The topological polar surface area (TPSA) is 98.4 Å². The number of benzene rings is 3. The molecule has 0 fully saturated rings. The van der Waals surface area contributed by atoms with E-state index in [1.807, 2.05) is 43.4 Å². The van der Waals surface area contributed by atoms with Crippen molar-refractivity contribution in [3.05, 3.63) is 123 Å². The number of hydrogen-bond donors (Lipinski definition) is 2. The predicted octanol–water partition coefficient (Wildman–Crippen LogP) is 4.64. The van der Waals surface area contributed by atoms with E-state index in [2.05, 4.69) is 10.3 Å². The van der Waals surface area contributed by atoms with Crippen LogP contribution in [0.1, 0.15) is 33.6 Å². The Morgan fingerprint density at radius 2 is 1.80 bits per heavy atom. The van der Waals surface area contributed by atoms with Gasteiger partial charge in [0.05, 0.1) is 23.7 Å². The first-order chi connectivity index (χ1) is 19.7. The number of carbonyl (C=O) groups is 1. The first kappa shape index (κ1) is 28.3. The molecule has 1 unspecified atom stereocenters. The number of aromatic nitrogens is 3. The Kier molecular flexibility index (Phi) is 8.08. The standard InChI is InChI=1S/C32H31ClN4O4/c1-36-20-34-19-29(36)32(40,23-10-8-21(9-11-23)31(39)35-14-5-15-41-3)24-12-13-28-27(17-24)26(18-30(38)37(28)2)22-6-4-7-25(33)16-22/h4,6-13,16-20,40H,5,14-15H2,1-3H3,(H,35,39). The molecular weight excluding hydrogens is 540 g/mol. The Morgan fingerprint density at radius 3 is 2.49 bits per heavy atom. The molecule has 0 saturated heterocycles. The minimum absolute atomic E-state index is 0.154. The number of carbonyl (C=O) groups excluding carboxylic acids is 1. The van der Waals surface area contributed by atoms with Crippen LogP contribution in [-0.4, -0.2) is 45.4 Å². The highest BCUT2D eigenvalue weighted by atomic mass is 35.5. The van der Waals surface area contributed by atoms with Crippen LogP contribution >= 0.6 is 11.6 Å². The van der Waals surface area contributed by atoms with E-state index in [0.717, 1.165) is 10.9 Å². The predicted molar refractivity (Wildman–Crippen MR) is 160 cm³/mol. The second kappa shape index (κ2) is 11.7. The minimum atomic E-state index is -1.62. The van der Waals surface area contributed by atoms with Crippen LogP contribution < -0.4 is 10.9 Å².